The fourth-order valence-electron chi connectivity index (χ4n) is 2.94. The number of nitrogens with one attached hydrogen (secondary N) is 3. The molecule has 0 aliphatic rings. The van der Waals surface area contributed by atoms with E-state index >= 15 is 0 Å². The van der Waals surface area contributed by atoms with Gasteiger partial charge >= 0.3 is 6.09 Å². The van der Waals surface area contributed by atoms with E-state index in [1.807, 2.05) is 13.8 Å². The summed E-state index contributed by atoms with van der Waals surface area (Å²) in [7, 11) is 1.52. The zero-order valence-electron chi connectivity index (χ0n) is 18.8. The van der Waals surface area contributed by atoms with Crippen molar-refractivity contribution < 1.29 is 19.1 Å². The van der Waals surface area contributed by atoms with Crippen LogP contribution in [0.1, 0.15) is 23.2 Å². The topological polar surface area (TPSA) is 122 Å². The molecule has 2 amide bonds. The van der Waals surface area contributed by atoms with E-state index in [0.29, 0.717) is 39.8 Å². The van der Waals surface area contributed by atoms with Gasteiger partial charge in [0.25, 0.3) is 5.56 Å². The first-order valence-corrected chi connectivity index (χ1v) is 12.1. The zero-order chi connectivity index (χ0) is 24.0. The predicted molar refractivity (Wildman–Crippen MR) is 132 cm³/mol. The van der Waals surface area contributed by atoms with Gasteiger partial charge in [0, 0.05) is 23.4 Å². The van der Waals surface area contributed by atoms with Crippen LogP contribution in [-0.2, 0) is 20.0 Å². The molecule has 3 N–H and O–H groups in total. The third-order valence-corrected chi connectivity index (χ3v) is 7.08. The number of anilines is 2. The Balaban J connectivity index is 1.56. The van der Waals surface area contributed by atoms with Crippen LogP contribution in [0.4, 0.5) is 16.2 Å². The van der Waals surface area contributed by atoms with Crippen molar-refractivity contribution in [3.8, 4) is 0 Å². The van der Waals surface area contributed by atoms with Gasteiger partial charge in [0.15, 0.2) is 0 Å². The molecule has 0 saturated heterocycles. The summed E-state index contributed by atoms with van der Waals surface area (Å²) < 4.78 is 9.80. The Morgan fingerprint density at radius 3 is 2.67 bits per heavy atom. The molecule has 2 heterocycles. The molecule has 0 radical (unpaired) electrons. The first kappa shape index (κ1) is 24.7. The van der Waals surface area contributed by atoms with Crippen LogP contribution >= 0.6 is 23.1 Å². The second-order valence-electron chi connectivity index (χ2n) is 7.25. The second kappa shape index (κ2) is 11.3. The van der Waals surface area contributed by atoms with Gasteiger partial charge in [-0.1, -0.05) is 6.07 Å². The molecule has 9 nitrogen and oxygen atoms in total. The summed E-state index contributed by atoms with van der Waals surface area (Å²) in [5.74, 6) is 0.729. The Morgan fingerprint density at radius 1 is 1.21 bits per heavy atom. The van der Waals surface area contributed by atoms with Crippen molar-refractivity contribution in [2.45, 2.75) is 31.8 Å². The van der Waals surface area contributed by atoms with E-state index in [0.717, 1.165) is 10.4 Å². The van der Waals surface area contributed by atoms with E-state index in [1.54, 1.807) is 31.2 Å². The van der Waals surface area contributed by atoms with Gasteiger partial charge in [-0.05, 0) is 44.5 Å². The molecule has 176 valence electrons. The minimum Gasteiger partial charge on any atom is -0.447 e. The van der Waals surface area contributed by atoms with Crippen LogP contribution in [0.5, 0.6) is 0 Å². The van der Waals surface area contributed by atoms with Crippen molar-refractivity contribution in [3.63, 3.8) is 0 Å². The molecule has 0 bridgehead atoms. The van der Waals surface area contributed by atoms with Gasteiger partial charge in [-0.3, -0.25) is 14.9 Å². The molecule has 3 rings (SSSR count). The number of thioether (sulfide) groups is 1. The molecule has 11 heteroatoms. The molecule has 0 aliphatic carbocycles. The number of carbonyl (C=O) groups excluding carboxylic acids is 2. The number of hydrogen-bond donors (Lipinski definition) is 3. The maximum atomic E-state index is 12.6. The molecular formula is C22H26N4O5S2. The van der Waals surface area contributed by atoms with E-state index in [1.165, 1.54) is 30.2 Å². The molecule has 1 atom stereocenters. The van der Waals surface area contributed by atoms with Gasteiger partial charge in [-0.2, -0.15) is 0 Å². The van der Waals surface area contributed by atoms with Gasteiger partial charge < -0.3 is 19.8 Å². The average Bonchev–Trinajstić information content (AvgIpc) is 3.06. The van der Waals surface area contributed by atoms with Crippen LogP contribution in [-0.4, -0.2) is 47.5 Å². The Bertz CT molecular complexity index is 1210. The fraction of sp³-hybridized carbons (Fsp3) is 0.364. The quantitative estimate of drug-likeness (QED) is 0.387. The number of aryl methyl sites for hydroxylation is 2. The van der Waals surface area contributed by atoms with Gasteiger partial charge in [0.2, 0.25) is 5.91 Å². The lowest BCUT2D eigenvalue weighted by atomic mass is 10.2. The van der Waals surface area contributed by atoms with Crippen molar-refractivity contribution in [2.24, 2.45) is 0 Å². The summed E-state index contributed by atoms with van der Waals surface area (Å²) in [4.78, 5) is 46.0. The van der Waals surface area contributed by atoms with E-state index in [4.69, 9.17) is 9.47 Å². The summed E-state index contributed by atoms with van der Waals surface area (Å²) in [6.45, 7) is 6.12. The Morgan fingerprint density at radius 2 is 1.94 bits per heavy atom. The number of methoxy groups -OCH3 is 1. The number of nitrogens with zero attached hydrogens (tertiary/aromatic N) is 1. The summed E-state index contributed by atoms with van der Waals surface area (Å²) in [6, 6.07) is 6.77. The second-order valence-corrected chi connectivity index (χ2v) is 9.79. The number of rotatable bonds is 9. The minimum absolute atomic E-state index is 0.145. The SMILES string of the molecule is COCCOC(=O)Nc1cccc(NC(=O)C(C)SCc2nc3sc(C)c(C)c3c(=O)[nH]2)c1. The van der Waals surface area contributed by atoms with Crippen molar-refractivity contribution >= 4 is 56.7 Å². The summed E-state index contributed by atoms with van der Waals surface area (Å²) >= 11 is 2.86. The lowest BCUT2D eigenvalue weighted by molar-refractivity contribution is -0.115. The molecule has 0 saturated carbocycles. The van der Waals surface area contributed by atoms with Crippen molar-refractivity contribution in [1.29, 1.82) is 0 Å². The number of aromatic amines is 1. The summed E-state index contributed by atoms with van der Waals surface area (Å²) in [5.41, 5.74) is 1.84. The normalized spacial score (nSPS) is 11.9. The van der Waals surface area contributed by atoms with Crippen molar-refractivity contribution in [1.82, 2.24) is 9.97 Å². The van der Waals surface area contributed by atoms with E-state index in [9.17, 15) is 14.4 Å². The van der Waals surface area contributed by atoms with Crippen molar-refractivity contribution in [3.05, 3.63) is 50.9 Å². The number of amides is 2. The number of thiophene rings is 1. The van der Waals surface area contributed by atoms with E-state index in [2.05, 4.69) is 20.6 Å². The molecule has 0 fully saturated rings. The lowest BCUT2D eigenvalue weighted by Crippen LogP contribution is -2.23. The maximum absolute atomic E-state index is 12.6. The Labute approximate surface area is 199 Å². The minimum atomic E-state index is -0.603. The number of aromatic nitrogens is 2. The largest absolute Gasteiger partial charge is 0.447 e. The third kappa shape index (κ3) is 6.56. The number of ether oxygens (including phenoxy) is 2. The van der Waals surface area contributed by atoms with Gasteiger partial charge in [0.05, 0.1) is 23.0 Å². The smallest absolute Gasteiger partial charge is 0.411 e. The van der Waals surface area contributed by atoms with Crippen LogP contribution in [0, 0.1) is 13.8 Å². The van der Waals surface area contributed by atoms with Gasteiger partial charge in [-0.25, -0.2) is 9.78 Å². The molecule has 0 spiro atoms. The van der Waals surface area contributed by atoms with Crippen molar-refractivity contribution in [2.75, 3.05) is 31.0 Å². The molecular weight excluding hydrogens is 464 g/mol. The van der Waals surface area contributed by atoms with Crippen LogP contribution in [0.15, 0.2) is 29.1 Å². The fourth-order valence-corrected chi connectivity index (χ4v) is 4.74. The average molecular weight is 491 g/mol. The monoisotopic (exact) mass is 490 g/mol. The Hall–Kier alpha value is -2.89. The van der Waals surface area contributed by atoms with Gasteiger partial charge in [0.1, 0.15) is 17.3 Å². The van der Waals surface area contributed by atoms with Crippen LogP contribution in [0.2, 0.25) is 0 Å². The first-order valence-electron chi connectivity index (χ1n) is 10.2. The van der Waals surface area contributed by atoms with E-state index in [-0.39, 0.29) is 18.1 Å². The van der Waals surface area contributed by atoms with E-state index < -0.39 is 11.3 Å². The molecule has 33 heavy (non-hydrogen) atoms. The highest BCUT2D eigenvalue weighted by atomic mass is 32.2. The number of carbonyl (C=O) groups is 2. The third-order valence-electron chi connectivity index (χ3n) is 4.82. The number of hydrogen-bond acceptors (Lipinski definition) is 8. The Kier molecular flexibility index (Phi) is 8.48. The highest BCUT2D eigenvalue weighted by Crippen LogP contribution is 2.26. The number of benzene rings is 1. The molecule has 1 aromatic carbocycles. The first-order chi connectivity index (χ1) is 15.8. The lowest BCUT2D eigenvalue weighted by Gasteiger charge is -2.13. The summed E-state index contributed by atoms with van der Waals surface area (Å²) in [6.07, 6.45) is -0.603. The van der Waals surface area contributed by atoms with Crippen LogP contribution < -0.4 is 16.2 Å². The standard InChI is InChI=1S/C22H26N4O5S2/c1-12-13(2)33-21-18(12)20(28)25-17(26-21)11-32-14(3)19(27)23-15-6-5-7-16(10-15)24-22(29)31-9-8-30-4/h5-7,10,14H,8-9,11H2,1-4H3,(H,23,27)(H,24,29)(H,25,26,28). The number of fused-ring (bicyclic) bond motifs is 1. The maximum Gasteiger partial charge on any atom is 0.411 e. The highest BCUT2D eigenvalue weighted by molar-refractivity contribution is 7.99. The zero-order valence-corrected chi connectivity index (χ0v) is 20.4. The molecule has 1 unspecified atom stereocenters. The van der Waals surface area contributed by atoms with Crippen LogP contribution in [0.3, 0.4) is 0 Å². The van der Waals surface area contributed by atoms with Crippen LogP contribution in [0.25, 0.3) is 10.2 Å². The van der Waals surface area contributed by atoms with Gasteiger partial charge in [-0.15, -0.1) is 23.1 Å². The molecule has 0 aliphatic heterocycles. The molecule has 2 aromatic heterocycles. The number of H-pyrrole nitrogens is 1. The predicted octanol–water partition coefficient (Wildman–Crippen LogP) is 4.06. The highest BCUT2D eigenvalue weighted by Gasteiger charge is 2.17. The summed E-state index contributed by atoms with van der Waals surface area (Å²) in [5, 5.41) is 5.67. The molecule has 3 aromatic rings.